The van der Waals surface area contributed by atoms with Gasteiger partial charge in [0, 0.05) is 12.0 Å². The van der Waals surface area contributed by atoms with Gasteiger partial charge in [-0.25, -0.2) is 4.79 Å². The van der Waals surface area contributed by atoms with Gasteiger partial charge in [-0.3, -0.25) is 10.1 Å². The number of esters is 1. The minimum absolute atomic E-state index is 0.0396. The van der Waals surface area contributed by atoms with Crippen molar-refractivity contribution in [3.05, 3.63) is 56.7 Å². The first kappa shape index (κ1) is 24.6. The summed E-state index contributed by atoms with van der Waals surface area (Å²) in [6, 6.07) is 1.41. The van der Waals surface area contributed by atoms with E-state index in [2.05, 4.69) is 6.58 Å². The molecule has 1 aliphatic rings. The van der Waals surface area contributed by atoms with Crippen molar-refractivity contribution in [2.24, 2.45) is 5.92 Å². The molecule has 1 aromatic rings. The average Bonchev–Trinajstić information content (AvgIpc) is 2.71. The topological polar surface area (TPSA) is 110 Å². The summed E-state index contributed by atoms with van der Waals surface area (Å²) in [5.74, 6) is -1.72. The number of hydrogen-bond donors (Lipinski definition) is 2. The van der Waals surface area contributed by atoms with Crippen molar-refractivity contribution in [2.45, 2.75) is 65.2 Å². The van der Waals surface area contributed by atoms with Gasteiger partial charge in [0.1, 0.15) is 17.9 Å². The van der Waals surface area contributed by atoms with Crippen LogP contribution < -0.4 is 0 Å². The third-order valence-corrected chi connectivity index (χ3v) is 5.89. The number of allylic oxidation sites excluding steroid dienone is 3. The first-order valence-electron chi connectivity index (χ1n) is 10.9. The fourth-order valence-corrected chi connectivity index (χ4v) is 4.31. The largest absolute Gasteiger partial charge is 0.506 e. The van der Waals surface area contributed by atoms with Crippen molar-refractivity contribution >= 4 is 11.7 Å². The van der Waals surface area contributed by atoms with Crippen molar-refractivity contribution in [1.82, 2.24) is 0 Å². The molecular formula is C24H33NO6. The van der Waals surface area contributed by atoms with Gasteiger partial charge in [-0.05, 0) is 51.0 Å². The Kier molecular flexibility index (Phi) is 8.80. The second-order valence-electron chi connectivity index (χ2n) is 8.30. The van der Waals surface area contributed by atoms with E-state index in [1.54, 1.807) is 0 Å². The number of rotatable bonds is 10. The van der Waals surface area contributed by atoms with Gasteiger partial charge in [0.25, 0.3) is 5.69 Å². The predicted octanol–water partition coefficient (Wildman–Crippen LogP) is 5.20. The third-order valence-electron chi connectivity index (χ3n) is 5.89. The molecule has 7 nitrogen and oxygen atoms in total. The predicted molar refractivity (Wildman–Crippen MR) is 119 cm³/mol. The first-order valence-corrected chi connectivity index (χ1v) is 10.9. The molecule has 0 radical (unpaired) electrons. The van der Waals surface area contributed by atoms with E-state index in [9.17, 15) is 20.0 Å². The zero-order chi connectivity index (χ0) is 23.1. The quantitative estimate of drug-likeness (QED) is 0.173. The van der Waals surface area contributed by atoms with E-state index in [1.165, 1.54) is 6.07 Å². The van der Waals surface area contributed by atoms with Crippen LogP contribution in [0.1, 0.15) is 80.3 Å². The number of phenolic OH excluding ortho intramolecular Hbond substituents is 1. The number of nitrogens with zero attached hydrogens (tertiary/aromatic N) is 1. The summed E-state index contributed by atoms with van der Waals surface area (Å²) in [6.07, 6.45) is 6.53. The lowest BCUT2D eigenvalue weighted by Gasteiger charge is -2.31. The molecule has 0 aliphatic heterocycles. The number of carbonyl (C=O) groups excluding carboxylic acids is 1. The van der Waals surface area contributed by atoms with Crippen molar-refractivity contribution in [2.75, 3.05) is 13.2 Å². The first-order chi connectivity index (χ1) is 14.7. The second-order valence-corrected chi connectivity index (χ2v) is 8.30. The van der Waals surface area contributed by atoms with Crippen LogP contribution in [0.2, 0.25) is 0 Å². The molecule has 31 heavy (non-hydrogen) atoms. The molecule has 0 aromatic heterocycles. The third kappa shape index (κ3) is 5.73. The molecule has 170 valence electrons. The second kappa shape index (κ2) is 11.1. The molecule has 2 atom stereocenters. The number of unbranched alkanes of at least 4 members (excludes halogenated alkanes) is 2. The molecule has 7 heteroatoms. The fraction of sp³-hybridized carbons (Fsp3) is 0.542. The van der Waals surface area contributed by atoms with Gasteiger partial charge < -0.3 is 14.9 Å². The average molecular weight is 432 g/mol. The molecule has 0 amide bonds. The van der Waals surface area contributed by atoms with Crippen molar-refractivity contribution < 1.29 is 24.7 Å². The van der Waals surface area contributed by atoms with Gasteiger partial charge in [0.05, 0.1) is 17.1 Å². The van der Waals surface area contributed by atoms with Gasteiger partial charge in [0.15, 0.2) is 0 Å². The number of hydrogen-bond acceptors (Lipinski definition) is 6. The number of phenols is 1. The molecule has 0 saturated carbocycles. The highest BCUT2D eigenvalue weighted by Gasteiger charge is 2.37. The van der Waals surface area contributed by atoms with Gasteiger partial charge >= 0.3 is 5.97 Å². The number of benzene rings is 1. The van der Waals surface area contributed by atoms with E-state index in [0.29, 0.717) is 12.0 Å². The minimum atomic E-state index is -0.780. The SMILES string of the molecule is C=C(C)[C@H]1CCC(C)=C[C@@H]1c1c([N+](=O)[O-])cc(CCCCC)c(C(=O)OCCO)c1O. The number of aromatic hydroxyl groups is 1. The molecule has 0 fully saturated rings. The maximum absolute atomic E-state index is 12.8. The monoisotopic (exact) mass is 431 g/mol. The maximum atomic E-state index is 12.8. The molecule has 2 N–H and O–H groups in total. The number of nitro groups is 1. The number of carbonyl (C=O) groups is 1. The van der Waals surface area contributed by atoms with Crippen LogP contribution in [-0.4, -0.2) is 34.3 Å². The standard InChI is InChI=1S/C24H33NO6/c1-5-6-7-8-17-14-20(25(29)30)22(23(27)21(17)24(28)31-12-11-26)19-13-16(4)9-10-18(19)15(2)3/h13-14,18-19,26-27H,2,5-12H2,1,3-4H3/t18-,19+/m1/s1. The highest BCUT2D eigenvalue weighted by Crippen LogP contribution is 2.48. The van der Waals surface area contributed by atoms with Crippen LogP contribution in [-0.2, 0) is 11.2 Å². The molecule has 2 rings (SSSR count). The lowest BCUT2D eigenvalue weighted by Crippen LogP contribution is -2.20. The fourth-order valence-electron chi connectivity index (χ4n) is 4.31. The van der Waals surface area contributed by atoms with E-state index in [4.69, 9.17) is 9.84 Å². The van der Waals surface area contributed by atoms with Gasteiger partial charge in [-0.15, -0.1) is 0 Å². The number of ether oxygens (including phenoxy) is 1. The normalized spacial score (nSPS) is 18.4. The molecule has 0 unspecified atom stereocenters. The molecule has 0 saturated heterocycles. The lowest BCUT2D eigenvalue weighted by atomic mass is 9.73. The summed E-state index contributed by atoms with van der Waals surface area (Å²) in [6.45, 7) is 9.36. The van der Waals surface area contributed by atoms with E-state index >= 15 is 0 Å². The number of aryl methyl sites for hydroxylation is 1. The van der Waals surface area contributed by atoms with Crippen LogP contribution in [0.4, 0.5) is 5.69 Å². The van der Waals surface area contributed by atoms with Gasteiger partial charge in [-0.2, -0.15) is 0 Å². The van der Waals surface area contributed by atoms with Crippen LogP contribution in [0, 0.1) is 16.0 Å². The molecule has 0 heterocycles. The van der Waals surface area contributed by atoms with Crippen LogP contribution in [0.15, 0.2) is 29.9 Å². The van der Waals surface area contributed by atoms with Crippen LogP contribution in [0.25, 0.3) is 0 Å². The van der Waals surface area contributed by atoms with Crippen molar-refractivity contribution in [1.29, 1.82) is 0 Å². The molecule has 1 aliphatic carbocycles. The smallest absolute Gasteiger partial charge is 0.342 e. The summed E-state index contributed by atoms with van der Waals surface area (Å²) in [4.78, 5) is 24.3. The summed E-state index contributed by atoms with van der Waals surface area (Å²) < 4.78 is 5.09. The summed E-state index contributed by atoms with van der Waals surface area (Å²) >= 11 is 0. The Morgan fingerprint density at radius 1 is 1.39 bits per heavy atom. The molecule has 0 bridgehead atoms. The van der Waals surface area contributed by atoms with Gasteiger partial charge in [-0.1, -0.05) is 43.6 Å². The zero-order valence-corrected chi connectivity index (χ0v) is 18.6. The van der Waals surface area contributed by atoms with Crippen LogP contribution >= 0.6 is 0 Å². The Morgan fingerprint density at radius 2 is 2.10 bits per heavy atom. The van der Waals surface area contributed by atoms with Crippen LogP contribution in [0.5, 0.6) is 5.75 Å². The Labute approximate surface area is 183 Å². The van der Waals surface area contributed by atoms with Crippen LogP contribution in [0.3, 0.4) is 0 Å². The summed E-state index contributed by atoms with van der Waals surface area (Å²) in [5.41, 5.74) is 2.25. The van der Waals surface area contributed by atoms with Crippen molar-refractivity contribution in [3.63, 3.8) is 0 Å². The van der Waals surface area contributed by atoms with E-state index in [1.807, 2.05) is 26.8 Å². The number of nitro benzene ring substituents is 1. The van der Waals surface area contributed by atoms with Crippen molar-refractivity contribution in [3.8, 4) is 5.75 Å². The molecular weight excluding hydrogens is 398 g/mol. The van der Waals surface area contributed by atoms with Gasteiger partial charge in [0.2, 0.25) is 0 Å². The minimum Gasteiger partial charge on any atom is -0.506 e. The Morgan fingerprint density at radius 3 is 2.68 bits per heavy atom. The van der Waals surface area contributed by atoms with E-state index in [0.717, 1.165) is 43.3 Å². The van der Waals surface area contributed by atoms with E-state index < -0.39 is 22.6 Å². The lowest BCUT2D eigenvalue weighted by molar-refractivity contribution is -0.385. The molecule has 0 spiro atoms. The Hall–Kier alpha value is -2.67. The molecule has 1 aromatic carbocycles. The highest BCUT2D eigenvalue weighted by molar-refractivity contribution is 5.95. The summed E-state index contributed by atoms with van der Waals surface area (Å²) in [7, 11) is 0. The Balaban J connectivity index is 2.73. The Bertz CT molecular complexity index is 873. The highest BCUT2D eigenvalue weighted by atomic mass is 16.6. The zero-order valence-electron chi connectivity index (χ0n) is 18.6. The maximum Gasteiger partial charge on any atom is 0.342 e. The number of aliphatic hydroxyl groups excluding tert-OH is 1. The van der Waals surface area contributed by atoms with E-state index in [-0.39, 0.29) is 35.9 Å². The summed E-state index contributed by atoms with van der Waals surface area (Å²) in [5, 5.41) is 32.3. The number of aliphatic hydroxyl groups is 1.